The molecule has 0 heterocycles. The molecule has 23 heavy (non-hydrogen) atoms. The summed E-state index contributed by atoms with van der Waals surface area (Å²) in [5.41, 5.74) is 1.15. The van der Waals surface area contributed by atoms with Crippen LogP contribution in [0.15, 0.2) is 24.3 Å². The molecule has 7 heteroatoms. The van der Waals surface area contributed by atoms with Gasteiger partial charge in [-0.25, -0.2) is 0 Å². The van der Waals surface area contributed by atoms with Crippen LogP contribution in [-0.2, 0) is 14.4 Å². The Morgan fingerprint density at radius 3 is 2.04 bits per heavy atom. The molecule has 1 aromatic carbocycles. The third kappa shape index (κ3) is 7.42. The first-order valence-corrected chi connectivity index (χ1v) is 7.49. The smallest absolute Gasteiger partial charge is 0.230 e. The van der Waals surface area contributed by atoms with Crippen molar-refractivity contribution in [1.29, 1.82) is 0 Å². The van der Waals surface area contributed by atoms with Crippen molar-refractivity contribution in [3.05, 3.63) is 24.3 Å². The highest BCUT2D eigenvalue weighted by Gasteiger charge is 2.18. The maximum Gasteiger partial charge on any atom is 0.230 e. The molecular weight excluding hydrogens is 298 g/mol. The third-order valence-corrected chi connectivity index (χ3v) is 3.09. The van der Waals surface area contributed by atoms with E-state index in [0.29, 0.717) is 23.8 Å². The standard InChI is InChI=1S/C16H23N3O4/c1-10(2)9-17-14(16(22)23)8-15(21)19-13-6-4-12(5-7-13)18-11(3)20/h4-7,10,14,17H,8-9H2,1-3H3,(H,18,20)(H,19,21)(H,22,23)/t14-/m1/s1. The monoisotopic (exact) mass is 321 g/mol. The van der Waals surface area contributed by atoms with E-state index in [-0.39, 0.29) is 12.3 Å². The largest absolute Gasteiger partial charge is 0.544 e. The minimum absolute atomic E-state index is 0.164. The van der Waals surface area contributed by atoms with Crippen molar-refractivity contribution < 1.29 is 24.8 Å². The first kappa shape index (κ1) is 18.6. The lowest BCUT2D eigenvalue weighted by atomic mass is 10.1. The summed E-state index contributed by atoms with van der Waals surface area (Å²) in [6.07, 6.45) is -0.164. The second kappa shape index (κ2) is 8.89. The molecule has 2 amide bonds. The molecule has 0 saturated heterocycles. The molecule has 0 fully saturated rings. The maximum atomic E-state index is 11.9. The van der Waals surface area contributed by atoms with Crippen molar-refractivity contribution in [2.45, 2.75) is 33.2 Å². The summed E-state index contributed by atoms with van der Waals surface area (Å²) in [7, 11) is 0. The van der Waals surface area contributed by atoms with Crippen LogP contribution in [0.2, 0.25) is 0 Å². The van der Waals surface area contributed by atoms with Crippen LogP contribution < -0.4 is 21.1 Å². The Morgan fingerprint density at radius 2 is 1.61 bits per heavy atom. The minimum atomic E-state index is -1.25. The van der Waals surface area contributed by atoms with Gasteiger partial charge in [0.2, 0.25) is 11.8 Å². The third-order valence-electron chi connectivity index (χ3n) is 3.09. The summed E-state index contributed by atoms with van der Waals surface area (Å²) in [5, 5.41) is 17.9. The van der Waals surface area contributed by atoms with Crippen molar-refractivity contribution in [3.8, 4) is 0 Å². The van der Waals surface area contributed by atoms with Gasteiger partial charge >= 0.3 is 0 Å². The van der Waals surface area contributed by atoms with Crippen LogP contribution >= 0.6 is 0 Å². The normalized spacial score (nSPS) is 11.8. The molecule has 1 aromatic rings. The highest BCUT2D eigenvalue weighted by Crippen LogP contribution is 2.13. The number of anilines is 2. The average molecular weight is 321 g/mol. The Kier molecular flexibility index (Phi) is 7.21. The number of rotatable bonds is 8. The molecule has 1 atom stereocenters. The average Bonchev–Trinajstić information content (AvgIpc) is 2.44. The molecule has 7 nitrogen and oxygen atoms in total. The zero-order valence-electron chi connectivity index (χ0n) is 13.6. The quantitative estimate of drug-likeness (QED) is 0.588. The van der Waals surface area contributed by atoms with Crippen LogP contribution in [0.1, 0.15) is 27.2 Å². The molecular formula is C16H23N3O4. The molecule has 0 bridgehead atoms. The fourth-order valence-corrected chi connectivity index (χ4v) is 1.95. The molecule has 0 aliphatic rings. The molecule has 0 radical (unpaired) electrons. The Bertz CT molecular complexity index is 555. The van der Waals surface area contributed by atoms with Gasteiger partial charge in [0, 0.05) is 24.2 Å². The fourth-order valence-electron chi connectivity index (χ4n) is 1.95. The Labute approximate surface area is 135 Å². The van der Waals surface area contributed by atoms with Crippen LogP contribution in [0.3, 0.4) is 0 Å². The number of aliphatic carboxylic acids is 1. The van der Waals surface area contributed by atoms with Gasteiger partial charge in [-0.3, -0.25) is 9.59 Å². The second-order valence-electron chi connectivity index (χ2n) is 5.80. The number of nitrogens with one attached hydrogen (secondary N) is 2. The second-order valence-corrected chi connectivity index (χ2v) is 5.80. The molecule has 0 unspecified atom stereocenters. The molecule has 0 saturated carbocycles. The number of hydrogen-bond donors (Lipinski definition) is 3. The van der Waals surface area contributed by atoms with Gasteiger partial charge in [-0.05, 0) is 24.3 Å². The highest BCUT2D eigenvalue weighted by atomic mass is 16.4. The number of hydrogen-bond acceptors (Lipinski definition) is 4. The summed E-state index contributed by atoms with van der Waals surface area (Å²) in [6.45, 7) is 5.96. The zero-order chi connectivity index (χ0) is 17.4. The predicted molar refractivity (Wildman–Crippen MR) is 84.4 cm³/mol. The number of nitrogens with two attached hydrogens (primary N) is 1. The van der Waals surface area contributed by atoms with Gasteiger partial charge in [0.05, 0.1) is 18.9 Å². The molecule has 0 aromatic heterocycles. The Balaban J connectivity index is 2.56. The molecule has 0 spiro atoms. The van der Waals surface area contributed by atoms with Gasteiger partial charge in [0.1, 0.15) is 6.04 Å². The van der Waals surface area contributed by atoms with Crippen molar-refractivity contribution >= 4 is 29.2 Å². The van der Waals surface area contributed by atoms with Gasteiger partial charge in [-0.2, -0.15) is 0 Å². The van der Waals surface area contributed by atoms with Crippen LogP contribution in [0.5, 0.6) is 0 Å². The predicted octanol–water partition coefficient (Wildman–Crippen LogP) is -0.688. The molecule has 4 N–H and O–H groups in total. The molecule has 126 valence electrons. The van der Waals surface area contributed by atoms with Gasteiger partial charge < -0.3 is 25.9 Å². The summed E-state index contributed by atoms with van der Waals surface area (Å²) >= 11 is 0. The fraction of sp³-hybridized carbons (Fsp3) is 0.438. The van der Waals surface area contributed by atoms with E-state index in [1.54, 1.807) is 29.6 Å². The van der Waals surface area contributed by atoms with Crippen molar-refractivity contribution in [3.63, 3.8) is 0 Å². The molecule has 1 rings (SSSR count). The summed E-state index contributed by atoms with van der Waals surface area (Å²) in [4.78, 5) is 34.0. The summed E-state index contributed by atoms with van der Waals surface area (Å²) in [6, 6.07) is 5.66. The summed E-state index contributed by atoms with van der Waals surface area (Å²) < 4.78 is 0. The first-order chi connectivity index (χ1) is 10.8. The maximum absolute atomic E-state index is 11.9. The first-order valence-electron chi connectivity index (χ1n) is 7.49. The van der Waals surface area contributed by atoms with Crippen LogP contribution in [-0.4, -0.2) is 30.4 Å². The van der Waals surface area contributed by atoms with E-state index >= 15 is 0 Å². The van der Waals surface area contributed by atoms with Crippen LogP contribution in [0.4, 0.5) is 11.4 Å². The van der Waals surface area contributed by atoms with Crippen LogP contribution in [0, 0.1) is 5.92 Å². The van der Waals surface area contributed by atoms with E-state index in [4.69, 9.17) is 0 Å². The van der Waals surface area contributed by atoms with E-state index in [2.05, 4.69) is 10.6 Å². The molecule has 0 aliphatic carbocycles. The van der Waals surface area contributed by atoms with Crippen molar-refractivity contribution in [2.24, 2.45) is 5.92 Å². The number of amides is 2. The topological polar surface area (TPSA) is 115 Å². The lowest BCUT2D eigenvalue weighted by molar-refractivity contribution is -0.686. The van der Waals surface area contributed by atoms with Gasteiger partial charge in [-0.1, -0.05) is 13.8 Å². The number of carboxylic acids is 1. The van der Waals surface area contributed by atoms with E-state index < -0.39 is 17.9 Å². The highest BCUT2D eigenvalue weighted by molar-refractivity contribution is 5.94. The van der Waals surface area contributed by atoms with E-state index in [9.17, 15) is 19.5 Å². The van der Waals surface area contributed by atoms with Gasteiger partial charge in [0.15, 0.2) is 0 Å². The lowest BCUT2D eigenvalue weighted by Gasteiger charge is -2.17. The zero-order valence-corrected chi connectivity index (χ0v) is 13.6. The Hall–Kier alpha value is -2.41. The SMILES string of the molecule is CC(=O)Nc1ccc(NC(=O)C[C@@H]([NH2+]CC(C)C)C(=O)[O-])cc1. The Morgan fingerprint density at radius 1 is 1.09 bits per heavy atom. The van der Waals surface area contributed by atoms with E-state index in [1.165, 1.54) is 6.92 Å². The number of carbonyl (C=O) groups is 3. The van der Waals surface area contributed by atoms with E-state index in [0.717, 1.165) is 0 Å². The summed E-state index contributed by atoms with van der Waals surface area (Å²) in [5.74, 6) is -1.51. The number of quaternary nitrogens is 1. The van der Waals surface area contributed by atoms with Gasteiger partial charge in [-0.15, -0.1) is 0 Å². The molecule has 0 aliphatic heterocycles. The van der Waals surface area contributed by atoms with Crippen molar-refractivity contribution in [1.82, 2.24) is 0 Å². The number of carbonyl (C=O) groups excluding carboxylic acids is 3. The van der Waals surface area contributed by atoms with Crippen molar-refractivity contribution in [2.75, 3.05) is 17.2 Å². The van der Waals surface area contributed by atoms with Crippen LogP contribution in [0.25, 0.3) is 0 Å². The number of carboxylic acid groups (broad SMARTS) is 1. The lowest BCUT2D eigenvalue weighted by Crippen LogP contribution is -2.94. The minimum Gasteiger partial charge on any atom is -0.544 e. The van der Waals surface area contributed by atoms with E-state index in [1.807, 2.05) is 13.8 Å². The van der Waals surface area contributed by atoms with Gasteiger partial charge in [0.25, 0.3) is 0 Å². The number of benzene rings is 1.